The van der Waals surface area contributed by atoms with Crippen LogP contribution in [-0.2, 0) is 0 Å². The molecule has 0 saturated carbocycles. The molecule has 0 bridgehead atoms. The maximum atomic E-state index is 5.85. The molecular weight excluding hydrogens is 270 g/mol. The SMILES string of the molecule is CC1=CCC(COc2ccc(-c3ccc(C)cc3)cn2)CC1. The van der Waals surface area contributed by atoms with E-state index in [1.54, 1.807) is 0 Å². The standard InChI is InChI=1S/C20H23NO/c1-15-3-7-17(8-4-15)14-22-20-12-11-19(13-21-20)18-9-5-16(2)6-10-18/h3,5-6,9-13,17H,4,7-8,14H2,1-2H3. The smallest absolute Gasteiger partial charge is 0.213 e. The second-order valence-electron chi connectivity index (χ2n) is 6.25. The van der Waals surface area contributed by atoms with Gasteiger partial charge in [0.05, 0.1) is 6.61 Å². The summed E-state index contributed by atoms with van der Waals surface area (Å²) in [5.41, 5.74) is 5.10. The predicted molar refractivity (Wildman–Crippen MR) is 91.0 cm³/mol. The van der Waals surface area contributed by atoms with Crippen molar-refractivity contribution in [1.82, 2.24) is 4.98 Å². The quantitative estimate of drug-likeness (QED) is 0.724. The molecule has 2 nitrogen and oxygen atoms in total. The molecule has 2 aromatic rings. The third-order valence-corrected chi connectivity index (χ3v) is 4.33. The molecule has 1 unspecified atom stereocenters. The molecule has 0 amide bonds. The number of allylic oxidation sites excluding steroid dienone is 2. The first-order valence-electron chi connectivity index (χ1n) is 8.02. The summed E-state index contributed by atoms with van der Waals surface area (Å²) in [5.74, 6) is 1.35. The Morgan fingerprint density at radius 3 is 2.45 bits per heavy atom. The van der Waals surface area contributed by atoms with Crippen molar-refractivity contribution in [3.63, 3.8) is 0 Å². The molecule has 0 radical (unpaired) electrons. The summed E-state index contributed by atoms with van der Waals surface area (Å²) in [4.78, 5) is 4.44. The largest absolute Gasteiger partial charge is 0.477 e. The molecule has 0 saturated heterocycles. The van der Waals surface area contributed by atoms with Crippen LogP contribution in [0.15, 0.2) is 54.2 Å². The molecular formula is C20H23NO. The van der Waals surface area contributed by atoms with Crippen LogP contribution in [0.5, 0.6) is 5.88 Å². The van der Waals surface area contributed by atoms with Crippen LogP contribution in [-0.4, -0.2) is 11.6 Å². The summed E-state index contributed by atoms with van der Waals surface area (Å²) in [7, 11) is 0. The van der Waals surface area contributed by atoms with Crippen LogP contribution < -0.4 is 4.74 Å². The summed E-state index contributed by atoms with van der Waals surface area (Å²) < 4.78 is 5.85. The Hall–Kier alpha value is -2.09. The van der Waals surface area contributed by atoms with Gasteiger partial charge in [0.2, 0.25) is 5.88 Å². The van der Waals surface area contributed by atoms with Gasteiger partial charge in [0.15, 0.2) is 0 Å². The van der Waals surface area contributed by atoms with E-state index in [2.05, 4.69) is 55.2 Å². The van der Waals surface area contributed by atoms with E-state index < -0.39 is 0 Å². The fraction of sp³-hybridized carbons (Fsp3) is 0.350. The van der Waals surface area contributed by atoms with E-state index in [1.807, 2.05) is 12.3 Å². The van der Waals surface area contributed by atoms with Gasteiger partial charge < -0.3 is 4.74 Å². The van der Waals surface area contributed by atoms with Gasteiger partial charge in [-0.15, -0.1) is 0 Å². The van der Waals surface area contributed by atoms with Crippen molar-refractivity contribution in [2.75, 3.05) is 6.61 Å². The summed E-state index contributed by atoms with van der Waals surface area (Å²) >= 11 is 0. The molecule has 1 aliphatic rings. The van der Waals surface area contributed by atoms with Crippen LogP contribution in [0.3, 0.4) is 0 Å². The number of aromatic nitrogens is 1. The summed E-state index contributed by atoms with van der Waals surface area (Å²) in [6.45, 7) is 5.07. The number of hydrogen-bond donors (Lipinski definition) is 0. The molecule has 3 rings (SSSR count). The maximum absolute atomic E-state index is 5.85. The van der Waals surface area contributed by atoms with Crippen LogP contribution in [0.25, 0.3) is 11.1 Å². The van der Waals surface area contributed by atoms with Crippen molar-refractivity contribution in [3.05, 3.63) is 59.8 Å². The molecule has 1 atom stereocenters. The Morgan fingerprint density at radius 2 is 1.82 bits per heavy atom. The molecule has 1 aromatic carbocycles. The maximum Gasteiger partial charge on any atom is 0.213 e. The van der Waals surface area contributed by atoms with Gasteiger partial charge >= 0.3 is 0 Å². The number of rotatable bonds is 4. The molecule has 0 spiro atoms. The topological polar surface area (TPSA) is 22.1 Å². The molecule has 114 valence electrons. The Morgan fingerprint density at radius 1 is 1.05 bits per heavy atom. The van der Waals surface area contributed by atoms with E-state index in [4.69, 9.17) is 4.74 Å². The highest BCUT2D eigenvalue weighted by Gasteiger charge is 2.13. The predicted octanol–water partition coefficient (Wildman–Crippen LogP) is 5.18. The Kier molecular flexibility index (Phi) is 4.57. The van der Waals surface area contributed by atoms with Gasteiger partial charge in [-0.2, -0.15) is 0 Å². The van der Waals surface area contributed by atoms with Crippen LogP contribution in [0, 0.1) is 12.8 Å². The number of benzene rings is 1. The van der Waals surface area contributed by atoms with Gasteiger partial charge in [0.25, 0.3) is 0 Å². The lowest BCUT2D eigenvalue weighted by Gasteiger charge is -2.20. The normalized spacial score (nSPS) is 17.9. The van der Waals surface area contributed by atoms with E-state index in [1.165, 1.54) is 29.5 Å². The summed E-state index contributed by atoms with van der Waals surface area (Å²) in [6, 6.07) is 12.6. The Balaban J connectivity index is 1.58. The Bertz CT molecular complexity index is 640. The monoisotopic (exact) mass is 293 g/mol. The number of hydrogen-bond acceptors (Lipinski definition) is 2. The lowest BCUT2D eigenvalue weighted by Crippen LogP contribution is -2.14. The van der Waals surface area contributed by atoms with E-state index in [-0.39, 0.29) is 0 Å². The van der Waals surface area contributed by atoms with Gasteiger partial charge in [0.1, 0.15) is 0 Å². The first-order valence-corrected chi connectivity index (χ1v) is 8.02. The first kappa shape index (κ1) is 14.8. The number of ether oxygens (including phenoxy) is 1. The minimum Gasteiger partial charge on any atom is -0.477 e. The Labute approximate surface area is 132 Å². The van der Waals surface area contributed by atoms with Crippen LogP contribution >= 0.6 is 0 Å². The summed E-state index contributed by atoms with van der Waals surface area (Å²) in [5, 5.41) is 0. The molecule has 0 aliphatic heterocycles. The lowest BCUT2D eigenvalue weighted by atomic mass is 9.91. The minimum absolute atomic E-state index is 0.627. The second-order valence-corrected chi connectivity index (χ2v) is 6.25. The molecule has 0 N–H and O–H groups in total. The van der Waals surface area contributed by atoms with E-state index in [9.17, 15) is 0 Å². The fourth-order valence-corrected chi connectivity index (χ4v) is 2.76. The fourth-order valence-electron chi connectivity index (χ4n) is 2.76. The third-order valence-electron chi connectivity index (χ3n) is 4.33. The van der Waals surface area contributed by atoms with Gasteiger partial charge in [0, 0.05) is 17.8 Å². The van der Waals surface area contributed by atoms with Crippen molar-refractivity contribution in [3.8, 4) is 17.0 Å². The van der Waals surface area contributed by atoms with Crippen molar-refractivity contribution >= 4 is 0 Å². The third kappa shape index (κ3) is 3.76. The highest BCUT2D eigenvalue weighted by molar-refractivity contribution is 5.62. The molecule has 1 aliphatic carbocycles. The van der Waals surface area contributed by atoms with Crippen molar-refractivity contribution < 1.29 is 4.74 Å². The molecule has 1 heterocycles. The van der Waals surface area contributed by atoms with Gasteiger partial charge in [-0.05, 0) is 50.7 Å². The van der Waals surface area contributed by atoms with Gasteiger partial charge in [-0.1, -0.05) is 41.5 Å². The lowest BCUT2D eigenvalue weighted by molar-refractivity contribution is 0.229. The average molecular weight is 293 g/mol. The van der Waals surface area contributed by atoms with Crippen molar-refractivity contribution in [2.45, 2.75) is 33.1 Å². The van der Waals surface area contributed by atoms with Crippen LogP contribution in [0.2, 0.25) is 0 Å². The molecule has 2 heteroatoms. The van der Waals surface area contributed by atoms with Crippen molar-refractivity contribution in [1.29, 1.82) is 0 Å². The number of pyridine rings is 1. The second kappa shape index (κ2) is 6.78. The average Bonchev–Trinajstić information content (AvgIpc) is 2.56. The van der Waals surface area contributed by atoms with E-state index in [0.29, 0.717) is 5.92 Å². The van der Waals surface area contributed by atoms with E-state index in [0.717, 1.165) is 24.5 Å². The zero-order valence-corrected chi connectivity index (χ0v) is 13.4. The van der Waals surface area contributed by atoms with Crippen LogP contribution in [0.1, 0.15) is 31.7 Å². The number of nitrogens with zero attached hydrogens (tertiary/aromatic N) is 1. The van der Waals surface area contributed by atoms with Crippen LogP contribution in [0.4, 0.5) is 0 Å². The highest BCUT2D eigenvalue weighted by atomic mass is 16.5. The van der Waals surface area contributed by atoms with Gasteiger partial charge in [-0.25, -0.2) is 4.98 Å². The highest BCUT2D eigenvalue weighted by Crippen LogP contribution is 2.25. The zero-order valence-electron chi connectivity index (χ0n) is 13.4. The first-order chi connectivity index (χ1) is 10.7. The molecule has 1 aromatic heterocycles. The zero-order chi connectivity index (χ0) is 15.4. The van der Waals surface area contributed by atoms with Gasteiger partial charge in [-0.3, -0.25) is 0 Å². The van der Waals surface area contributed by atoms with E-state index >= 15 is 0 Å². The number of aryl methyl sites for hydroxylation is 1. The summed E-state index contributed by atoms with van der Waals surface area (Å²) in [6.07, 6.45) is 7.79. The molecule has 0 fully saturated rings. The van der Waals surface area contributed by atoms with Crippen molar-refractivity contribution in [2.24, 2.45) is 5.92 Å². The molecule has 22 heavy (non-hydrogen) atoms. The minimum atomic E-state index is 0.627.